The molecular formula is C24H24N2O5. The average Bonchev–Trinajstić information content (AvgIpc) is 2.80. The number of anilines is 1. The number of ether oxygens (including phenoxy) is 1. The number of rotatable bonds is 4. The lowest BCUT2D eigenvalue weighted by Gasteiger charge is -2.35. The Morgan fingerprint density at radius 2 is 1.74 bits per heavy atom. The van der Waals surface area contributed by atoms with Gasteiger partial charge in [-0.1, -0.05) is 31.2 Å². The number of nitrogens with zero attached hydrogens (tertiary/aromatic N) is 1. The zero-order valence-corrected chi connectivity index (χ0v) is 17.3. The summed E-state index contributed by atoms with van der Waals surface area (Å²) in [6.45, 7) is 2.31. The van der Waals surface area contributed by atoms with Gasteiger partial charge in [-0.3, -0.25) is 14.4 Å². The van der Waals surface area contributed by atoms with E-state index in [2.05, 4.69) is 0 Å². The minimum atomic E-state index is -0.794. The zero-order chi connectivity index (χ0) is 22.1. The predicted molar refractivity (Wildman–Crippen MR) is 114 cm³/mol. The van der Waals surface area contributed by atoms with E-state index >= 15 is 0 Å². The van der Waals surface area contributed by atoms with E-state index in [4.69, 9.17) is 10.5 Å². The normalized spacial score (nSPS) is 17.7. The first kappa shape index (κ1) is 20.8. The van der Waals surface area contributed by atoms with Gasteiger partial charge < -0.3 is 15.4 Å². The lowest BCUT2D eigenvalue weighted by atomic mass is 9.82. The van der Waals surface area contributed by atoms with Crippen molar-refractivity contribution >= 4 is 29.1 Å². The molecule has 1 aliphatic carbocycles. The molecule has 0 saturated carbocycles. The lowest BCUT2D eigenvalue weighted by Crippen LogP contribution is -2.45. The zero-order valence-electron chi connectivity index (χ0n) is 17.3. The van der Waals surface area contributed by atoms with Crippen LogP contribution >= 0.6 is 0 Å². The quantitative estimate of drug-likeness (QED) is 0.514. The van der Waals surface area contributed by atoms with Crippen LogP contribution in [0.1, 0.15) is 74.8 Å². The maximum absolute atomic E-state index is 12.9. The van der Waals surface area contributed by atoms with Crippen molar-refractivity contribution in [3.05, 3.63) is 64.2 Å². The molecule has 31 heavy (non-hydrogen) atoms. The Kier molecular flexibility index (Phi) is 5.59. The standard InChI is InChI=1S/C24H24N2O5/c1-2-14-7-5-6-12-26(14)19(27)13-31-24(30)18-11-10-17-20(21(18)25)23(29)16-9-4-3-8-15(16)22(17)28/h3-4,8-11,14H,2,5-7,12-13,25H2,1H3. The number of piperidine rings is 1. The molecule has 160 valence electrons. The third-order valence-corrected chi connectivity index (χ3v) is 6.10. The van der Waals surface area contributed by atoms with Gasteiger partial charge in [0.2, 0.25) is 0 Å². The molecule has 2 N–H and O–H groups in total. The molecule has 7 heteroatoms. The van der Waals surface area contributed by atoms with E-state index in [0.717, 1.165) is 25.7 Å². The van der Waals surface area contributed by atoms with Gasteiger partial charge in [0.25, 0.3) is 5.91 Å². The Hall–Kier alpha value is -3.48. The Balaban J connectivity index is 1.54. The summed E-state index contributed by atoms with van der Waals surface area (Å²) >= 11 is 0. The van der Waals surface area contributed by atoms with E-state index < -0.39 is 11.8 Å². The first-order chi connectivity index (χ1) is 14.9. The molecule has 1 atom stereocenters. The highest BCUT2D eigenvalue weighted by molar-refractivity contribution is 6.30. The van der Waals surface area contributed by atoms with Crippen molar-refractivity contribution < 1.29 is 23.9 Å². The highest BCUT2D eigenvalue weighted by atomic mass is 16.5. The van der Waals surface area contributed by atoms with Crippen LogP contribution in [0.15, 0.2) is 36.4 Å². The van der Waals surface area contributed by atoms with Crippen molar-refractivity contribution in [2.24, 2.45) is 0 Å². The summed E-state index contributed by atoms with van der Waals surface area (Å²) in [4.78, 5) is 52.7. The molecule has 1 heterocycles. The van der Waals surface area contributed by atoms with Gasteiger partial charge in [-0.2, -0.15) is 0 Å². The number of fused-ring (bicyclic) bond motifs is 2. The molecule has 0 spiro atoms. The van der Waals surface area contributed by atoms with Gasteiger partial charge >= 0.3 is 5.97 Å². The molecule has 2 aromatic rings. The largest absolute Gasteiger partial charge is 0.452 e. The Labute approximate surface area is 180 Å². The second-order valence-electron chi connectivity index (χ2n) is 7.87. The minimum Gasteiger partial charge on any atom is -0.452 e. The van der Waals surface area contributed by atoms with Crippen LogP contribution < -0.4 is 5.73 Å². The van der Waals surface area contributed by atoms with E-state index in [1.54, 1.807) is 29.2 Å². The number of nitrogen functional groups attached to an aromatic ring is 1. The fourth-order valence-corrected chi connectivity index (χ4v) is 4.43. The van der Waals surface area contributed by atoms with E-state index in [1.807, 2.05) is 6.92 Å². The van der Waals surface area contributed by atoms with Gasteiger partial charge in [-0.15, -0.1) is 0 Å². The molecule has 1 unspecified atom stereocenters. The van der Waals surface area contributed by atoms with Gasteiger partial charge in [0.1, 0.15) is 0 Å². The van der Waals surface area contributed by atoms with Gasteiger partial charge in [0, 0.05) is 29.3 Å². The number of nitrogens with two attached hydrogens (primary N) is 1. The average molecular weight is 420 g/mol. The number of hydrogen-bond acceptors (Lipinski definition) is 6. The fourth-order valence-electron chi connectivity index (χ4n) is 4.43. The molecular weight excluding hydrogens is 396 g/mol. The number of ketones is 2. The SMILES string of the molecule is CCC1CCCCN1C(=O)COC(=O)c1ccc2c(c1N)C(=O)c1ccccc1C2=O. The van der Waals surface area contributed by atoms with Gasteiger partial charge in [0.15, 0.2) is 18.2 Å². The summed E-state index contributed by atoms with van der Waals surface area (Å²) in [5.74, 6) is -1.76. The van der Waals surface area contributed by atoms with Crippen LogP contribution in [0.25, 0.3) is 0 Å². The fraction of sp³-hybridized carbons (Fsp3) is 0.333. The van der Waals surface area contributed by atoms with Crippen LogP contribution in [0.2, 0.25) is 0 Å². The highest BCUT2D eigenvalue weighted by Crippen LogP contribution is 2.33. The van der Waals surface area contributed by atoms with E-state index in [1.165, 1.54) is 12.1 Å². The molecule has 0 aromatic heterocycles. The molecule has 2 aromatic carbocycles. The van der Waals surface area contributed by atoms with Crippen LogP contribution in [-0.4, -0.2) is 47.5 Å². The number of amides is 1. The second kappa shape index (κ2) is 8.34. The van der Waals surface area contributed by atoms with E-state index in [9.17, 15) is 19.2 Å². The Morgan fingerprint density at radius 3 is 2.45 bits per heavy atom. The Bertz CT molecular complexity index is 1090. The number of esters is 1. The molecule has 0 radical (unpaired) electrons. The van der Waals surface area contributed by atoms with Crippen LogP contribution in [0.5, 0.6) is 0 Å². The van der Waals surface area contributed by atoms with E-state index in [0.29, 0.717) is 12.1 Å². The Morgan fingerprint density at radius 1 is 1.03 bits per heavy atom. The summed E-state index contributed by atoms with van der Waals surface area (Å²) in [7, 11) is 0. The first-order valence-corrected chi connectivity index (χ1v) is 10.5. The predicted octanol–water partition coefficient (Wildman–Crippen LogP) is 2.99. The lowest BCUT2D eigenvalue weighted by molar-refractivity contribution is -0.138. The van der Waals surface area contributed by atoms with Crippen molar-refractivity contribution in [2.75, 3.05) is 18.9 Å². The molecule has 0 bridgehead atoms. The van der Waals surface area contributed by atoms with Crippen LogP contribution in [0, 0.1) is 0 Å². The summed E-state index contributed by atoms with van der Waals surface area (Å²) < 4.78 is 5.23. The monoisotopic (exact) mass is 420 g/mol. The summed E-state index contributed by atoms with van der Waals surface area (Å²) in [5.41, 5.74) is 6.74. The minimum absolute atomic E-state index is 0.00607. The van der Waals surface area contributed by atoms with Crippen LogP contribution in [0.4, 0.5) is 5.69 Å². The van der Waals surface area contributed by atoms with Crippen molar-refractivity contribution in [3.63, 3.8) is 0 Å². The van der Waals surface area contributed by atoms with Gasteiger partial charge in [-0.25, -0.2) is 4.79 Å². The first-order valence-electron chi connectivity index (χ1n) is 10.5. The summed E-state index contributed by atoms with van der Waals surface area (Å²) in [6.07, 6.45) is 3.83. The van der Waals surface area contributed by atoms with Crippen molar-refractivity contribution in [1.82, 2.24) is 4.90 Å². The molecule has 1 fully saturated rings. The molecule has 1 aliphatic heterocycles. The highest BCUT2D eigenvalue weighted by Gasteiger charge is 2.33. The molecule has 4 rings (SSSR count). The van der Waals surface area contributed by atoms with Crippen LogP contribution in [0.3, 0.4) is 0 Å². The van der Waals surface area contributed by atoms with Gasteiger partial charge in [-0.05, 0) is 37.8 Å². The number of carbonyl (C=O) groups excluding carboxylic acids is 4. The summed E-state index contributed by atoms with van der Waals surface area (Å²) in [5, 5.41) is 0. The summed E-state index contributed by atoms with van der Waals surface area (Å²) in [6, 6.07) is 9.45. The number of benzene rings is 2. The topological polar surface area (TPSA) is 107 Å². The van der Waals surface area contributed by atoms with Crippen LogP contribution in [-0.2, 0) is 9.53 Å². The number of carbonyl (C=O) groups is 4. The third-order valence-electron chi connectivity index (χ3n) is 6.10. The maximum Gasteiger partial charge on any atom is 0.340 e. The molecule has 1 amide bonds. The molecule has 7 nitrogen and oxygen atoms in total. The van der Waals surface area contributed by atoms with Crippen molar-refractivity contribution in [1.29, 1.82) is 0 Å². The van der Waals surface area contributed by atoms with Gasteiger partial charge in [0.05, 0.1) is 16.8 Å². The number of likely N-dealkylation sites (tertiary alicyclic amines) is 1. The maximum atomic E-state index is 12.9. The smallest absolute Gasteiger partial charge is 0.340 e. The molecule has 2 aliphatic rings. The van der Waals surface area contributed by atoms with Crippen molar-refractivity contribution in [2.45, 2.75) is 38.6 Å². The third kappa shape index (κ3) is 3.60. The number of hydrogen-bond donors (Lipinski definition) is 1. The van der Waals surface area contributed by atoms with Crippen molar-refractivity contribution in [3.8, 4) is 0 Å². The molecule has 1 saturated heterocycles. The van der Waals surface area contributed by atoms with E-state index in [-0.39, 0.29) is 52.3 Å². The second-order valence-corrected chi connectivity index (χ2v) is 7.87.